The predicted octanol–water partition coefficient (Wildman–Crippen LogP) is 3.30. The maximum Gasteiger partial charge on any atom is 0.319 e. The van der Waals surface area contributed by atoms with Gasteiger partial charge in [-0.3, -0.25) is 0 Å². The third kappa shape index (κ3) is 3.82. The van der Waals surface area contributed by atoms with Crippen molar-refractivity contribution in [2.45, 2.75) is 6.42 Å². The van der Waals surface area contributed by atoms with Crippen molar-refractivity contribution in [1.82, 2.24) is 5.32 Å². The second-order valence-corrected chi connectivity index (χ2v) is 4.21. The minimum absolute atomic E-state index is 0.235. The molecule has 4 nitrogen and oxygen atoms in total. The first-order valence-corrected chi connectivity index (χ1v) is 5.93. The molecule has 0 saturated heterocycles. The highest BCUT2D eigenvalue weighted by molar-refractivity contribution is 6.30. The molecule has 1 heterocycles. The molecule has 1 aromatic carbocycles. The van der Waals surface area contributed by atoms with Gasteiger partial charge in [-0.05, 0) is 42.3 Å². The molecular weight excluding hydrogens is 252 g/mol. The number of anilines is 1. The zero-order chi connectivity index (χ0) is 12.8. The summed E-state index contributed by atoms with van der Waals surface area (Å²) < 4.78 is 4.94. The summed E-state index contributed by atoms with van der Waals surface area (Å²) in [5.41, 5.74) is 1.77. The Kier molecular flexibility index (Phi) is 4.25. The first-order chi connectivity index (χ1) is 8.74. The highest BCUT2D eigenvalue weighted by atomic mass is 35.5. The largest absolute Gasteiger partial charge is 0.472 e. The predicted molar refractivity (Wildman–Crippen MR) is 70.9 cm³/mol. The summed E-state index contributed by atoms with van der Waals surface area (Å²) in [7, 11) is 0. The summed E-state index contributed by atoms with van der Waals surface area (Å²) in [6.07, 6.45) is 4.02. The molecule has 0 aliphatic heterocycles. The van der Waals surface area contributed by atoms with Gasteiger partial charge in [-0.2, -0.15) is 0 Å². The molecule has 5 heteroatoms. The Hall–Kier alpha value is -1.94. The number of benzene rings is 1. The van der Waals surface area contributed by atoms with E-state index in [0.29, 0.717) is 17.3 Å². The van der Waals surface area contributed by atoms with Crippen molar-refractivity contribution < 1.29 is 9.21 Å². The van der Waals surface area contributed by atoms with Crippen LogP contribution in [0.25, 0.3) is 0 Å². The molecule has 2 N–H and O–H groups in total. The van der Waals surface area contributed by atoms with Gasteiger partial charge in [0.1, 0.15) is 0 Å². The van der Waals surface area contributed by atoms with E-state index in [4.69, 9.17) is 16.0 Å². The van der Waals surface area contributed by atoms with E-state index in [1.54, 1.807) is 36.8 Å². The topological polar surface area (TPSA) is 54.3 Å². The van der Waals surface area contributed by atoms with Crippen molar-refractivity contribution in [1.29, 1.82) is 0 Å². The molecule has 0 saturated carbocycles. The molecule has 0 radical (unpaired) electrons. The van der Waals surface area contributed by atoms with Crippen molar-refractivity contribution in [3.8, 4) is 0 Å². The normalized spacial score (nSPS) is 10.1. The number of carbonyl (C=O) groups excluding carboxylic acids is 1. The molecule has 0 fully saturated rings. The van der Waals surface area contributed by atoms with Crippen LogP contribution in [0.3, 0.4) is 0 Å². The maximum atomic E-state index is 11.5. The number of carbonyl (C=O) groups is 1. The first kappa shape index (κ1) is 12.5. The Morgan fingerprint density at radius 2 is 2.00 bits per heavy atom. The lowest BCUT2D eigenvalue weighted by atomic mass is 10.2. The number of urea groups is 1. The molecule has 1 aromatic heterocycles. The summed E-state index contributed by atoms with van der Waals surface area (Å²) in [6, 6.07) is 8.58. The van der Waals surface area contributed by atoms with Crippen LogP contribution in [0.5, 0.6) is 0 Å². The van der Waals surface area contributed by atoms with E-state index in [9.17, 15) is 4.79 Å². The maximum absolute atomic E-state index is 11.5. The van der Waals surface area contributed by atoms with Gasteiger partial charge < -0.3 is 15.1 Å². The van der Waals surface area contributed by atoms with Crippen LogP contribution in [0, 0.1) is 0 Å². The van der Waals surface area contributed by atoms with E-state index in [2.05, 4.69) is 10.6 Å². The van der Waals surface area contributed by atoms with Crippen molar-refractivity contribution in [3.05, 3.63) is 53.4 Å². The van der Waals surface area contributed by atoms with Gasteiger partial charge in [-0.1, -0.05) is 11.6 Å². The molecule has 0 aliphatic rings. The number of rotatable bonds is 4. The van der Waals surface area contributed by atoms with Crippen LogP contribution in [0.2, 0.25) is 5.02 Å². The molecule has 2 rings (SSSR count). The fourth-order valence-corrected chi connectivity index (χ4v) is 1.59. The van der Waals surface area contributed by atoms with E-state index in [1.165, 1.54) is 0 Å². The third-order valence-corrected chi connectivity index (χ3v) is 2.63. The molecule has 0 atom stereocenters. The quantitative estimate of drug-likeness (QED) is 0.890. The van der Waals surface area contributed by atoms with Gasteiger partial charge in [0.15, 0.2) is 0 Å². The summed E-state index contributed by atoms with van der Waals surface area (Å²) in [5, 5.41) is 6.12. The van der Waals surface area contributed by atoms with Gasteiger partial charge in [0.05, 0.1) is 12.5 Å². The van der Waals surface area contributed by atoms with Crippen LogP contribution in [0.4, 0.5) is 10.5 Å². The summed E-state index contributed by atoms with van der Waals surface area (Å²) >= 11 is 5.75. The standard InChI is InChI=1S/C13H13ClN2O2/c14-11-1-3-12(4-2-11)16-13(17)15-7-5-10-6-8-18-9-10/h1-4,6,8-9H,5,7H2,(H2,15,16,17). The summed E-state index contributed by atoms with van der Waals surface area (Å²) in [6.45, 7) is 0.555. The molecule has 18 heavy (non-hydrogen) atoms. The summed E-state index contributed by atoms with van der Waals surface area (Å²) in [4.78, 5) is 11.5. The van der Waals surface area contributed by atoms with Crippen molar-refractivity contribution >= 4 is 23.3 Å². The van der Waals surface area contributed by atoms with E-state index in [1.807, 2.05) is 6.07 Å². The van der Waals surface area contributed by atoms with Gasteiger partial charge in [0.2, 0.25) is 0 Å². The Bertz CT molecular complexity index is 494. The van der Waals surface area contributed by atoms with Crippen LogP contribution >= 0.6 is 11.6 Å². The Labute approximate surface area is 110 Å². The molecule has 2 amide bonds. The Morgan fingerprint density at radius 1 is 1.22 bits per heavy atom. The Morgan fingerprint density at radius 3 is 2.67 bits per heavy atom. The molecule has 0 aliphatic carbocycles. The lowest BCUT2D eigenvalue weighted by Gasteiger charge is -2.06. The van der Waals surface area contributed by atoms with Gasteiger partial charge >= 0.3 is 6.03 Å². The van der Waals surface area contributed by atoms with E-state index in [-0.39, 0.29) is 6.03 Å². The van der Waals surface area contributed by atoms with Crippen LogP contribution in [0.15, 0.2) is 47.3 Å². The van der Waals surface area contributed by atoms with Gasteiger partial charge in [0.25, 0.3) is 0 Å². The average Bonchev–Trinajstić information content (AvgIpc) is 2.85. The zero-order valence-corrected chi connectivity index (χ0v) is 10.4. The van der Waals surface area contributed by atoms with Crippen molar-refractivity contribution in [3.63, 3.8) is 0 Å². The van der Waals surface area contributed by atoms with E-state index in [0.717, 1.165) is 12.0 Å². The van der Waals surface area contributed by atoms with Crippen LogP contribution < -0.4 is 10.6 Å². The molecule has 2 aromatic rings. The zero-order valence-electron chi connectivity index (χ0n) is 9.65. The molecule has 94 valence electrons. The fraction of sp³-hybridized carbons (Fsp3) is 0.154. The van der Waals surface area contributed by atoms with Crippen molar-refractivity contribution in [2.75, 3.05) is 11.9 Å². The lowest BCUT2D eigenvalue weighted by Crippen LogP contribution is -2.30. The third-order valence-electron chi connectivity index (χ3n) is 2.38. The van der Waals surface area contributed by atoms with Gasteiger partial charge in [-0.25, -0.2) is 4.79 Å². The Balaban J connectivity index is 1.73. The monoisotopic (exact) mass is 264 g/mol. The molecular formula is C13H13ClN2O2. The second-order valence-electron chi connectivity index (χ2n) is 3.77. The number of nitrogens with one attached hydrogen (secondary N) is 2. The SMILES string of the molecule is O=C(NCCc1ccoc1)Nc1ccc(Cl)cc1. The highest BCUT2D eigenvalue weighted by Gasteiger charge is 2.01. The van der Waals surface area contributed by atoms with Gasteiger partial charge in [0, 0.05) is 17.3 Å². The van der Waals surface area contributed by atoms with Crippen LogP contribution in [-0.4, -0.2) is 12.6 Å². The molecule has 0 spiro atoms. The average molecular weight is 265 g/mol. The van der Waals surface area contributed by atoms with E-state index >= 15 is 0 Å². The lowest BCUT2D eigenvalue weighted by molar-refractivity contribution is 0.252. The number of amides is 2. The summed E-state index contributed by atoms with van der Waals surface area (Å²) in [5.74, 6) is 0. The number of furan rings is 1. The van der Waals surface area contributed by atoms with Crippen molar-refractivity contribution in [2.24, 2.45) is 0 Å². The van der Waals surface area contributed by atoms with Gasteiger partial charge in [-0.15, -0.1) is 0 Å². The minimum Gasteiger partial charge on any atom is -0.472 e. The van der Waals surface area contributed by atoms with E-state index < -0.39 is 0 Å². The highest BCUT2D eigenvalue weighted by Crippen LogP contribution is 2.12. The van der Waals surface area contributed by atoms with Crippen LogP contribution in [-0.2, 0) is 6.42 Å². The first-order valence-electron chi connectivity index (χ1n) is 5.55. The fourth-order valence-electron chi connectivity index (χ4n) is 1.46. The number of hydrogen-bond acceptors (Lipinski definition) is 2. The second kappa shape index (κ2) is 6.12. The molecule has 0 unspecified atom stereocenters. The minimum atomic E-state index is -0.235. The number of halogens is 1. The van der Waals surface area contributed by atoms with Crippen LogP contribution in [0.1, 0.15) is 5.56 Å². The molecule has 0 bridgehead atoms. The number of hydrogen-bond donors (Lipinski definition) is 2. The smallest absolute Gasteiger partial charge is 0.319 e.